The number of carbonyl (C=O) groups excluding carboxylic acids is 2. The van der Waals surface area contributed by atoms with Gasteiger partial charge in [-0.25, -0.2) is 0 Å². The second-order valence-electron chi connectivity index (χ2n) is 5.65. The van der Waals surface area contributed by atoms with Gasteiger partial charge in [0, 0.05) is 24.8 Å². The molecular formula is C16H23N3O2S. The first-order valence-corrected chi connectivity index (χ1v) is 8.67. The Morgan fingerprint density at radius 3 is 2.73 bits per heavy atom. The Balaban J connectivity index is 1.68. The SMILES string of the molecule is Cc1ccc(NC(=O)CSCC(=O)N2CCCC(N)C2)cc1. The van der Waals surface area contributed by atoms with E-state index in [0.717, 1.165) is 30.6 Å². The van der Waals surface area contributed by atoms with E-state index in [-0.39, 0.29) is 23.6 Å². The van der Waals surface area contributed by atoms with Crippen molar-refractivity contribution in [1.29, 1.82) is 0 Å². The van der Waals surface area contributed by atoms with Crippen LogP contribution in [0.1, 0.15) is 18.4 Å². The fourth-order valence-electron chi connectivity index (χ4n) is 2.39. The van der Waals surface area contributed by atoms with Gasteiger partial charge in [-0.15, -0.1) is 11.8 Å². The van der Waals surface area contributed by atoms with Crippen LogP contribution >= 0.6 is 11.8 Å². The number of benzene rings is 1. The number of amides is 2. The van der Waals surface area contributed by atoms with Crippen molar-refractivity contribution in [3.05, 3.63) is 29.8 Å². The van der Waals surface area contributed by atoms with Crippen molar-refractivity contribution in [3.8, 4) is 0 Å². The topological polar surface area (TPSA) is 75.4 Å². The van der Waals surface area contributed by atoms with Crippen LogP contribution in [0.5, 0.6) is 0 Å². The molecule has 1 aliphatic rings. The third-order valence-corrected chi connectivity index (χ3v) is 4.52. The monoisotopic (exact) mass is 321 g/mol. The number of piperidine rings is 1. The Hall–Kier alpha value is -1.53. The molecule has 1 saturated heterocycles. The third kappa shape index (κ3) is 5.35. The smallest absolute Gasteiger partial charge is 0.234 e. The summed E-state index contributed by atoms with van der Waals surface area (Å²) in [6.45, 7) is 3.41. The fourth-order valence-corrected chi connectivity index (χ4v) is 3.11. The average molecular weight is 321 g/mol. The van der Waals surface area contributed by atoms with Gasteiger partial charge < -0.3 is 16.0 Å². The quantitative estimate of drug-likeness (QED) is 0.864. The Morgan fingerprint density at radius 1 is 1.32 bits per heavy atom. The normalized spacial score (nSPS) is 18.1. The largest absolute Gasteiger partial charge is 0.340 e. The zero-order valence-corrected chi connectivity index (χ0v) is 13.7. The van der Waals surface area contributed by atoms with Crippen molar-refractivity contribution in [3.63, 3.8) is 0 Å². The highest BCUT2D eigenvalue weighted by molar-refractivity contribution is 8.00. The number of hydrogen-bond acceptors (Lipinski definition) is 4. The van der Waals surface area contributed by atoms with Crippen LogP contribution in [0.3, 0.4) is 0 Å². The molecule has 0 radical (unpaired) electrons. The minimum absolute atomic E-state index is 0.0725. The highest BCUT2D eigenvalue weighted by Crippen LogP contribution is 2.12. The minimum atomic E-state index is -0.0861. The van der Waals surface area contributed by atoms with Gasteiger partial charge in [0.1, 0.15) is 0 Å². The van der Waals surface area contributed by atoms with E-state index in [1.807, 2.05) is 31.2 Å². The highest BCUT2D eigenvalue weighted by atomic mass is 32.2. The zero-order valence-electron chi connectivity index (χ0n) is 12.9. The molecule has 0 aliphatic carbocycles. The molecule has 1 aliphatic heterocycles. The lowest BCUT2D eigenvalue weighted by Crippen LogP contribution is -2.46. The molecule has 0 aromatic heterocycles. The molecular weight excluding hydrogens is 298 g/mol. The molecule has 120 valence electrons. The zero-order chi connectivity index (χ0) is 15.9. The van der Waals surface area contributed by atoms with Crippen LogP contribution in [0.4, 0.5) is 5.69 Å². The number of anilines is 1. The summed E-state index contributed by atoms with van der Waals surface area (Å²) in [5.74, 6) is 0.591. The van der Waals surface area contributed by atoms with Crippen LogP contribution in [-0.4, -0.2) is 47.4 Å². The maximum absolute atomic E-state index is 12.0. The number of hydrogen-bond donors (Lipinski definition) is 2. The van der Waals surface area contributed by atoms with Gasteiger partial charge in [-0.2, -0.15) is 0 Å². The van der Waals surface area contributed by atoms with Gasteiger partial charge in [-0.3, -0.25) is 9.59 Å². The number of aryl methyl sites for hydroxylation is 1. The van der Waals surface area contributed by atoms with E-state index in [1.54, 1.807) is 4.90 Å². The van der Waals surface area contributed by atoms with E-state index in [4.69, 9.17) is 5.73 Å². The standard InChI is InChI=1S/C16H23N3O2S/c1-12-4-6-14(7-5-12)18-15(20)10-22-11-16(21)19-8-2-3-13(17)9-19/h4-7,13H,2-3,8-11,17H2,1H3,(H,18,20). The number of nitrogens with two attached hydrogens (primary N) is 1. The van der Waals surface area contributed by atoms with Crippen molar-refractivity contribution in [2.24, 2.45) is 5.73 Å². The van der Waals surface area contributed by atoms with Gasteiger partial charge in [-0.05, 0) is 31.9 Å². The number of nitrogens with one attached hydrogen (secondary N) is 1. The number of nitrogens with zero attached hydrogens (tertiary/aromatic N) is 1. The van der Waals surface area contributed by atoms with Gasteiger partial charge in [0.2, 0.25) is 11.8 Å². The van der Waals surface area contributed by atoms with Crippen molar-refractivity contribution in [2.75, 3.05) is 29.9 Å². The van der Waals surface area contributed by atoms with Crippen LogP contribution < -0.4 is 11.1 Å². The van der Waals surface area contributed by atoms with Crippen molar-refractivity contribution in [1.82, 2.24) is 4.90 Å². The van der Waals surface area contributed by atoms with Crippen LogP contribution in [0, 0.1) is 6.92 Å². The molecule has 0 saturated carbocycles. The molecule has 0 spiro atoms. The summed E-state index contributed by atoms with van der Waals surface area (Å²) >= 11 is 1.34. The highest BCUT2D eigenvalue weighted by Gasteiger charge is 2.21. The minimum Gasteiger partial charge on any atom is -0.340 e. The van der Waals surface area contributed by atoms with E-state index in [9.17, 15) is 9.59 Å². The maximum atomic E-state index is 12.0. The predicted molar refractivity (Wildman–Crippen MR) is 90.9 cm³/mol. The lowest BCUT2D eigenvalue weighted by atomic mass is 10.1. The number of thioether (sulfide) groups is 1. The molecule has 1 atom stereocenters. The third-order valence-electron chi connectivity index (χ3n) is 3.60. The summed E-state index contributed by atoms with van der Waals surface area (Å²) in [6, 6.07) is 7.74. The van der Waals surface area contributed by atoms with Gasteiger partial charge in [0.05, 0.1) is 11.5 Å². The molecule has 3 N–H and O–H groups in total. The number of likely N-dealkylation sites (tertiary alicyclic amines) is 1. The first-order valence-electron chi connectivity index (χ1n) is 7.52. The Labute approximate surface area is 135 Å². The van der Waals surface area contributed by atoms with Gasteiger partial charge in [0.15, 0.2) is 0 Å². The first-order chi connectivity index (χ1) is 10.5. The van der Waals surface area contributed by atoms with Crippen molar-refractivity contribution in [2.45, 2.75) is 25.8 Å². The van der Waals surface area contributed by atoms with E-state index in [0.29, 0.717) is 12.3 Å². The molecule has 22 heavy (non-hydrogen) atoms. The molecule has 5 nitrogen and oxygen atoms in total. The molecule has 1 aromatic carbocycles. The maximum Gasteiger partial charge on any atom is 0.234 e. The van der Waals surface area contributed by atoms with E-state index >= 15 is 0 Å². The molecule has 1 fully saturated rings. The molecule has 1 unspecified atom stereocenters. The van der Waals surface area contributed by atoms with Crippen LogP contribution in [0.15, 0.2) is 24.3 Å². The number of rotatable bonds is 5. The molecule has 0 bridgehead atoms. The van der Waals surface area contributed by atoms with Crippen molar-refractivity contribution < 1.29 is 9.59 Å². The van der Waals surface area contributed by atoms with Crippen LogP contribution in [0.2, 0.25) is 0 Å². The number of carbonyl (C=O) groups is 2. The lowest BCUT2D eigenvalue weighted by Gasteiger charge is -2.30. The summed E-state index contributed by atoms with van der Waals surface area (Å²) in [4.78, 5) is 25.7. The van der Waals surface area contributed by atoms with E-state index in [1.165, 1.54) is 11.8 Å². The lowest BCUT2D eigenvalue weighted by molar-refractivity contribution is -0.129. The van der Waals surface area contributed by atoms with Crippen LogP contribution in [0.25, 0.3) is 0 Å². The predicted octanol–water partition coefficient (Wildman–Crippen LogP) is 1.62. The summed E-state index contributed by atoms with van der Waals surface area (Å²) in [5, 5.41) is 2.82. The molecule has 2 rings (SSSR count). The van der Waals surface area contributed by atoms with Crippen molar-refractivity contribution >= 4 is 29.3 Å². The van der Waals surface area contributed by atoms with Gasteiger partial charge in [0.25, 0.3) is 0 Å². The first kappa shape index (κ1) is 16.8. The molecule has 2 amide bonds. The summed E-state index contributed by atoms with van der Waals surface area (Å²) in [6.07, 6.45) is 1.95. The van der Waals surface area contributed by atoms with E-state index in [2.05, 4.69) is 5.32 Å². The summed E-state index contributed by atoms with van der Waals surface area (Å²) in [7, 11) is 0. The molecule has 1 aromatic rings. The van der Waals surface area contributed by atoms with Gasteiger partial charge >= 0.3 is 0 Å². The molecule has 1 heterocycles. The average Bonchev–Trinajstić information content (AvgIpc) is 2.49. The Morgan fingerprint density at radius 2 is 2.05 bits per heavy atom. The molecule has 6 heteroatoms. The van der Waals surface area contributed by atoms with Crippen LogP contribution in [-0.2, 0) is 9.59 Å². The van der Waals surface area contributed by atoms with Gasteiger partial charge in [-0.1, -0.05) is 17.7 Å². The van der Waals surface area contributed by atoms with E-state index < -0.39 is 0 Å². The Bertz CT molecular complexity index is 519. The Kier molecular flexibility index (Phi) is 6.27. The second kappa shape index (κ2) is 8.19. The fraction of sp³-hybridized carbons (Fsp3) is 0.500. The second-order valence-corrected chi connectivity index (χ2v) is 6.63. The summed E-state index contributed by atoms with van der Waals surface area (Å²) in [5.41, 5.74) is 7.80. The summed E-state index contributed by atoms with van der Waals surface area (Å²) < 4.78 is 0.